The van der Waals surface area contributed by atoms with E-state index in [1.807, 2.05) is 0 Å². The van der Waals surface area contributed by atoms with E-state index in [0.29, 0.717) is 22.5 Å². The maximum Gasteiger partial charge on any atom is 0.340 e. The molecule has 24 heavy (non-hydrogen) atoms. The average Bonchev–Trinajstić information content (AvgIpc) is 2.61. The third-order valence-electron chi connectivity index (χ3n) is 3.18. The van der Waals surface area contributed by atoms with Crippen LogP contribution in [0.25, 0.3) is 0 Å². The van der Waals surface area contributed by atoms with Crippen molar-refractivity contribution in [1.29, 1.82) is 5.26 Å². The second-order valence-electron chi connectivity index (χ2n) is 4.83. The summed E-state index contributed by atoms with van der Waals surface area (Å²) in [6.07, 6.45) is 0. The van der Waals surface area contributed by atoms with Crippen molar-refractivity contribution in [3.63, 3.8) is 0 Å². The Hall–Kier alpha value is -3.33. The van der Waals surface area contributed by atoms with E-state index < -0.39 is 5.97 Å². The summed E-state index contributed by atoms with van der Waals surface area (Å²) in [4.78, 5) is 24.0. The highest BCUT2D eigenvalue weighted by Gasteiger charge is 2.14. The van der Waals surface area contributed by atoms with Crippen LogP contribution in [0.2, 0.25) is 0 Å². The number of ether oxygens (including phenoxy) is 1. The number of hydrogen-bond donors (Lipinski definition) is 2. The van der Waals surface area contributed by atoms with E-state index in [0.717, 1.165) is 0 Å². The molecule has 2 rings (SSSR count). The van der Waals surface area contributed by atoms with E-state index in [2.05, 4.69) is 16.7 Å². The zero-order valence-corrected chi connectivity index (χ0v) is 13.2. The number of benzene rings is 2. The summed E-state index contributed by atoms with van der Waals surface area (Å²) >= 11 is 0. The van der Waals surface area contributed by atoms with Gasteiger partial charge in [0.2, 0.25) is 5.91 Å². The van der Waals surface area contributed by atoms with Crippen LogP contribution in [0, 0.1) is 11.3 Å². The van der Waals surface area contributed by atoms with Gasteiger partial charge in [0.25, 0.3) is 0 Å². The molecule has 122 valence electrons. The summed E-state index contributed by atoms with van der Waals surface area (Å²) < 4.78 is 4.97. The summed E-state index contributed by atoms with van der Waals surface area (Å²) in [6.45, 7) is 1.94. The molecule has 1 amide bonds. The molecule has 0 fully saturated rings. The molecule has 0 bridgehead atoms. The van der Waals surface area contributed by atoms with Crippen LogP contribution >= 0.6 is 0 Å². The predicted octanol–water partition coefficient (Wildman–Crippen LogP) is 2.79. The van der Waals surface area contributed by atoms with Crippen LogP contribution in [0.15, 0.2) is 48.5 Å². The van der Waals surface area contributed by atoms with Crippen LogP contribution in [0.1, 0.15) is 22.8 Å². The van der Waals surface area contributed by atoms with Crippen molar-refractivity contribution in [2.75, 3.05) is 23.8 Å². The smallest absolute Gasteiger partial charge is 0.340 e. The molecule has 6 heteroatoms. The number of carbonyl (C=O) groups is 2. The number of nitrogens with one attached hydrogen (secondary N) is 2. The van der Waals surface area contributed by atoms with Crippen LogP contribution in [-0.4, -0.2) is 25.0 Å². The lowest BCUT2D eigenvalue weighted by Gasteiger charge is -2.11. The molecule has 0 unspecified atom stereocenters. The highest BCUT2D eigenvalue weighted by atomic mass is 16.5. The maximum absolute atomic E-state index is 12.1. The van der Waals surface area contributed by atoms with Gasteiger partial charge in [-0.2, -0.15) is 5.26 Å². The minimum Gasteiger partial charge on any atom is -0.462 e. The Kier molecular flexibility index (Phi) is 5.92. The summed E-state index contributed by atoms with van der Waals surface area (Å²) in [5.74, 6) is -0.823. The Morgan fingerprint density at radius 2 is 1.75 bits per heavy atom. The van der Waals surface area contributed by atoms with E-state index >= 15 is 0 Å². The van der Waals surface area contributed by atoms with E-state index in [1.54, 1.807) is 55.5 Å². The van der Waals surface area contributed by atoms with E-state index in [9.17, 15) is 9.59 Å². The minimum atomic E-state index is -0.490. The Labute approximate surface area is 140 Å². The van der Waals surface area contributed by atoms with Crippen LogP contribution in [-0.2, 0) is 9.53 Å². The van der Waals surface area contributed by atoms with Crippen LogP contribution in [0.5, 0.6) is 0 Å². The Balaban J connectivity index is 2.03. The molecule has 2 N–H and O–H groups in total. The number of esters is 1. The summed E-state index contributed by atoms with van der Waals surface area (Å²) in [6, 6.07) is 15.6. The van der Waals surface area contributed by atoms with Crippen molar-refractivity contribution >= 4 is 23.3 Å². The second-order valence-corrected chi connectivity index (χ2v) is 4.83. The highest BCUT2D eigenvalue weighted by molar-refractivity contribution is 6.02. The Morgan fingerprint density at radius 1 is 1.08 bits per heavy atom. The fourth-order valence-corrected chi connectivity index (χ4v) is 2.08. The van der Waals surface area contributed by atoms with Crippen LogP contribution < -0.4 is 10.6 Å². The molecule has 0 aliphatic rings. The Morgan fingerprint density at radius 3 is 2.46 bits per heavy atom. The molecule has 0 radical (unpaired) electrons. The van der Waals surface area contributed by atoms with Crippen molar-refractivity contribution < 1.29 is 14.3 Å². The summed E-state index contributed by atoms with van der Waals surface area (Å²) in [5, 5.41) is 14.6. The molecule has 0 atom stereocenters. The molecule has 0 saturated carbocycles. The molecule has 0 heterocycles. The number of para-hydroxylation sites is 2. The van der Waals surface area contributed by atoms with Crippen molar-refractivity contribution in [3.8, 4) is 6.07 Å². The van der Waals surface area contributed by atoms with Gasteiger partial charge in [-0.05, 0) is 31.2 Å². The quantitative estimate of drug-likeness (QED) is 0.798. The van der Waals surface area contributed by atoms with Crippen molar-refractivity contribution in [2.24, 2.45) is 0 Å². The first kappa shape index (κ1) is 17.0. The third kappa shape index (κ3) is 4.34. The number of nitriles is 1. The normalized spacial score (nSPS) is 9.67. The maximum atomic E-state index is 12.1. The van der Waals surface area contributed by atoms with Gasteiger partial charge in [0.15, 0.2) is 0 Å². The molecule has 6 nitrogen and oxygen atoms in total. The molecular weight excluding hydrogens is 306 g/mol. The molecule has 2 aromatic carbocycles. The molecule has 0 spiro atoms. The van der Waals surface area contributed by atoms with Gasteiger partial charge < -0.3 is 15.4 Å². The largest absolute Gasteiger partial charge is 0.462 e. The molecular formula is C18H17N3O3. The number of amides is 1. The molecule has 0 aliphatic heterocycles. The lowest BCUT2D eigenvalue weighted by atomic mass is 10.1. The fourth-order valence-electron chi connectivity index (χ4n) is 2.08. The van der Waals surface area contributed by atoms with Gasteiger partial charge in [-0.15, -0.1) is 0 Å². The molecule has 0 aromatic heterocycles. The number of rotatable bonds is 6. The standard InChI is InChI=1S/C18H17N3O3/c1-2-24-18(23)14-8-4-6-10-16(14)21-17(22)12-20-15-9-5-3-7-13(15)11-19/h3-10,20H,2,12H2,1H3,(H,21,22). The van der Waals surface area contributed by atoms with Gasteiger partial charge in [0.05, 0.1) is 35.7 Å². The third-order valence-corrected chi connectivity index (χ3v) is 3.18. The molecule has 0 saturated heterocycles. The lowest BCUT2D eigenvalue weighted by molar-refractivity contribution is -0.114. The van der Waals surface area contributed by atoms with E-state index in [-0.39, 0.29) is 19.1 Å². The number of nitrogens with zero attached hydrogens (tertiary/aromatic N) is 1. The highest BCUT2D eigenvalue weighted by Crippen LogP contribution is 2.17. The van der Waals surface area contributed by atoms with Gasteiger partial charge in [-0.1, -0.05) is 24.3 Å². The van der Waals surface area contributed by atoms with E-state index in [4.69, 9.17) is 10.00 Å². The van der Waals surface area contributed by atoms with Gasteiger partial charge >= 0.3 is 5.97 Å². The van der Waals surface area contributed by atoms with Gasteiger partial charge in [0.1, 0.15) is 6.07 Å². The van der Waals surface area contributed by atoms with Crippen LogP contribution in [0.3, 0.4) is 0 Å². The monoisotopic (exact) mass is 323 g/mol. The van der Waals surface area contributed by atoms with Gasteiger partial charge in [-0.25, -0.2) is 4.79 Å². The van der Waals surface area contributed by atoms with Gasteiger partial charge in [0, 0.05) is 0 Å². The second kappa shape index (κ2) is 8.34. The van der Waals surface area contributed by atoms with Crippen molar-refractivity contribution in [2.45, 2.75) is 6.92 Å². The molecule has 0 aliphatic carbocycles. The number of anilines is 2. The fraction of sp³-hybridized carbons (Fsp3) is 0.167. The average molecular weight is 323 g/mol. The Bertz CT molecular complexity index is 781. The van der Waals surface area contributed by atoms with Crippen molar-refractivity contribution in [1.82, 2.24) is 0 Å². The number of hydrogen-bond acceptors (Lipinski definition) is 5. The van der Waals surface area contributed by atoms with Crippen molar-refractivity contribution in [3.05, 3.63) is 59.7 Å². The minimum absolute atomic E-state index is 0.0319. The lowest BCUT2D eigenvalue weighted by Crippen LogP contribution is -2.23. The zero-order chi connectivity index (χ0) is 17.4. The first-order chi connectivity index (χ1) is 11.7. The SMILES string of the molecule is CCOC(=O)c1ccccc1NC(=O)CNc1ccccc1C#N. The van der Waals surface area contributed by atoms with Crippen LogP contribution in [0.4, 0.5) is 11.4 Å². The first-order valence-electron chi connectivity index (χ1n) is 7.44. The summed E-state index contributed by atoms with van der Waals surface area (Å²) in [5.41, 5.74) is 1.72. The topological polar surface area (TPSA) is 91.2 Å². The predicted molar refractivity (Wildman–Crippen MR) is 90.7 cm³/mol. The summed E-state index contributed by atoms with van der Waals surface area (Å²) in [7, 11) is 0. The number of carbonyl (C=O) groups excluding carboxylic acids is 2. The zero-order valence-electron chi connectivity index (χ0n) is 13.2. The van der Waals surface area contributed by atoms with Gasteiger partial charge in [-0.3, -0.25) is 4.79 Å². The first-order valence-corrected chi connectivity index (χ1v) is 7.44. The van der Waals surface area contributed by atoms with E-state index in [1.165, 1.54) is 0 Å². The molecule has 2 aromatic rings.